The minimum absolute atomic E-state index is 0.250. The van der Waals surface area contributed by atoms with Crippen molar-refractivity contribution in [2.45, 2.75) is 44.1 Å². The van der Waals surface area contributed by atoms with Gasteiger partial charge in [-0.05, 0) is 27.2 Å². The predicted molar refractivity (Wildman–Crippen MR) is 68.7 cm³/mol. The molecule has 0 spiro atoms. The van der Waals surface area contributed by atoms with Crippen molar-refractivity contribution < 1.29 is 0 Å². The molecule has 1 aliphatic rings. The number of aromatic nitrogens is 1. The first-order valence-corrected chi connectivity index (χ1v) is 7.10. The first-order chi connectivity index (χ1) is 7.00. The lowest BCUT2D eigenvalue weighted by Crippen LogP contribution is -2.42. The molecule has 0 radical (unpaired) electrons. The topological polar surface area (TPSA) is 16.1 Å². The molecule has 0 aromatic carbocycles. The molecule has 0 aliphatic carbocycles. The monoisotopic (exact) mass is 288 g/mol. The zero-order valence-electron chi connectivity index (χ0n) is 9.46. The fraction of sp³-hybridized carbons (Fsp3) is 0.727. The van der Waals surface area contributed by atoms with Gasteiger partial charge in [0.1, 0.15) is 5.01 Å². The van der Waals surface area contributed by atoms with Gasteiger partial charge < -0.3 is 0 Å². The number of aryl methyl sites for hydroxylation is 1. The van der Waals surface area contributed by atoms with E-state index >= 15 is 0 Å². The van der Waals surface area contributed by atoms with Crippen molar-refractivity contribution >= 4 is 27.3 Å². The third kappa shape index (κ3) is 2.27. The molecular weight excluding hydrogens is 272 g/mol. The summed E-state index contributed by atoms with van der Waals surface area (Å²) in [6, 6.07) is 0. The fourth-order valence-electron chi connectivity index (χ4n) is 2.03. The molecule has 1 atom stereocenters. The van der Waals surface area contributed by atoms with Gasteiger partial charge in [-0.25, -0.2) is 4.98 Å². The number of rotatable bonds is 2. The Kier molecular flexibility index (Phi) is 3.20. The molecule has 2 rings (SSSR count). The van der Waals surface area contributed by atoms with E-state index in [2.05, 4.69) is 52.0 Å². The van der Waals surface area contributed by atoms with Crippen LogP contribution in [0, 0.1) is 6.92 Å². The van der Waals surface area contributed by atoms with Gasteiger partial charge in [0.05, 0.1) is 6.54 Å². The summed E-state index contributed by atoms with van der Waals surface area (Å²) in [5.74, 6) is 0. The summed E-state index contributed by atoms with van der Waals surface area (Å²) in [7, 11) is 0. The van der Waals surface area contributed by atoms with Crippen LogP contribution in [-0.4, -0.2) is 26.8 Å². The molecule has 1 saturated heterocycles. The first-order valence-electron chi connectivity index (χ1n) is 5.30. The van der Waals surface area contributed by atoms with Crippen LogP contribution in [0.3, 0.4) is 0 Å². The molecule has 15 heavy (non-hydrogen) atoms. The minimum Gasteiger partial charge on any atom is -0.290 e. The van der Waals surface area contributed by atoms with Gasteiger partial charge in [-0.1, -0.05) is 15.9 Å². The van der Waals surface area contributed by atoms with Gasteiger partial charge in [-0.2, -0.15) is 0 Å². The van der Waals surface area contributed by atoms with Gasteiger partial charge in [0.25, 0.3) is 0 Å². The van der Waals surface area contributed by atoms with E-state index in [1.54, 1.807) is 11.3 Å². The number of likely N-dealkylation sites (tertiary alicyclic amines) is 1. The molecule has 0 saturated carbocycles. The molecule has 1 aliphatic heterocycles. The molecule has 0 amide bonds. The summed E-state index contributed by atoms with van der Waals surface area (Å²) in [4.78, 5) is 7.65. The molecule has 4 heteroatoms. The maximum Gasteiger partial charge on any atom is 0.107 e. The fourth-order valence-corrected chi connectivity index (χ4v) is 3.31. The minimum atomic E-state index is 0.250. The van der Waals surface area contributed by atoms with Crippen LogP contribution in [0.2, 0.25) is 0 Å². The lowest BCUT2D eigenvalue weighted by Gasteiger charge is -2.33. The van der Waals surface area contributed by atoms with E-state index in [9.17, 15) is 0 Å². The average Bonchev–Trinajstić information content (AvgIpc) is 2.66. The van der Waals surface area contributed by atoms with Crippen LogP contribution in [0.15, 0.2) is 5.38 Å². The lowest BCUT2D eigenvalue weighted by molar-refractivity contribution is 0.170. The molecule has 84 valence electrons. The Morgan fingerprint density at radius 3 is 2.87 bits per heavy atom. The number of thiazole rings is 1. The highest BCUT2D eigenvalue weighted by atomic mass is 79.9. The number of halogens is 1. The first kappa shape index (κ1) is 11.6. The zero-order chi connectivity index (χ0) is 11.1. The standard InChI is InChI=1S/C11H17BrN2S/c1-8-7-15-10(13-8)6-14-5-4-9(12)11(14,2)3/h7,9H,4-6H2,1-3H3. The van der Waals surface area contributed by atoms with E-state index in [4.69, 9.17) is 0 Å². The quantitative estimate of drug-likeness (QED) is 0.777. The number of nitrogens with zero attached hydrogens (tertiary/aromatic N) is 2. The second-order valence-corrected chi connectivity index (χ2v) is 6.76. The smallest absolute Gasteiger partial charge is 0.107 e. The summed E-state index contributed by atoms with van der Waals surface area (Å²) in [6.07, 6.45) is 1.23. The lowest BCUT2D eigenvalue weighted by atomic mass is 10.0. The molecule has 1 unspecified atom stereocenters. The van der Waals surface area contributed by atoms with Gasteiger partial charge in [-0.3, -0.25) is 4.90 Å². The van der Waals surface area contributed by atoms with Gasteiger partial charge in [0.15, 0.2) is 0 Å². The van der Waals surface area contributed by atoms with Crippen LogP contribution in [0.5, 0.6) is 0 Å². The van der Waals surface area contributed by atoms with Crippen molar-refractivity contribution in [3.05, 3.63) is 16.1 Å². The molecule has 1 aromatic heterocycles. The summed E-state index contributed by atoms with van der Waals surface area (Å²) in [5.41, 5.74) is 1.39. The molecular formula is C11H17BrN2S. The third-order valence-corrected chi connectivity index (χ3v) is 5.76. The van der Waals surface area contributed by atoms with Crippen LogP contribution in [0.4, 0.5) is 0 Å². The van der Waals surface area contributed by atoms with E-state index in [1.807, 2.05) is 0 Å². The largest absolute Gasteiger partial charge is 0.290 e. The van der Waals surface area contributed by atoms with Crippen LogP contribution >= 0.6 is 27.3 Å². The third-order valence-electron chi connectivity index (χ3n) is 3.23. The predicted octanol–water partition coefficient (Wildman–Crippen LogP) is 3.20. The highest BCUT2D eigenvalue weighted by molar-refractivity contribution is 9.09. The van der Waals surface area contributed by atoms with Crippen LogP contribution < -0.4 is 0 Å². The molecule has 1 fully saturated rings. The van der Waals surface area contributed by atoms with Gasteiger partial charge in [0, 0.05) is 28.0 Å². The normalized spacial score (nSPS) is 26.0. The van der Waals surface area contributed by atoms with E-state index in [0.29, 0.717) is 4.83 Å². The number of hydrogen-bond donors (Lipinski definition) is 0. The highest BCUT2D eigenvalue weighted by Crippen LogP contribution is 2.35. The second-order valence-electron chi connectivity index (χ2n) is 4.71. The maximum atomic E-state index is 4.53. The van der Waals surface area contributed by atoms with Crippen LogP contribution in [0.25, 0.3) is 0 Å². The Morgan fingerprint density at radius 1 is 1.67 bits per heavy atom. The van der Waals surface area contributed by atoms with E-state index in [0.717, 1.165) is 12.2 Å². The van der Waals surface area contributed by atoms with E-state index < -0.39 is 0 Å². The van der Waals surface area contributed by atoms with Crippen molar-refractivity contribution in [1.82, 2.24) is 9.88 Å². The van der Waals surface area contributed by atoms with Gasteiger partial charge in [0.2, 0.25) is 0 Å². The van der Waals surface area contributed by atoms with Gasteiger partial charge in [-0.15, -0.1) is 11.3 Å². The van der Waals surface area contributed by atoms with Crippen molar-refractivity contribution in [2.75, 3.05) is 6.54 Å². The van der Waals surface area contributed by atoms with Crippen molar-refractivity contribution in [1.29, 1.82) is 0 Å². The summed E-state index contributed by atoms with van der Waals surface area (Å²) in [6.45, 7) is 8.83. The van der Waals surface area contributed by atoms with Crippen molar-refractivity contribution in [3.63, 3.8) is 0 Å². The Morgan fingerprint density at radius 2 is 2.40 bits per heavy atom. The maximum absolute atomic E-state index is 4.53. The summed E-state index contributed by atoms with van der Waals surface area (Å²) < 4.78 is 0. The molecule has 0 bridgehead atoms. The molecule has 1 aromatic rings. The van der Waals surface area contributed by atoms with Crippen molar-refractivity contribution in [3.8, 4) is 0 Å². The molecule has 2 nitrogen and oxygen atoms in total. The highest BCUT2D eigenvalue weighted by Gasteiger charge is 2.39. The molecule has 2 heterocycles. The van der Waals surface area contributed by atoms with Crippen LogP contribution in [0.1, 0.15) is 31.0 Å². The second kappa shape index (κ2) is 4.15. The average molecular weight is 289 g/mol. The summed E-state index contributed by atoms with van der Waals surface area (Å²) >= 11 is 5.53. The summed E-state index contributed by atoms with van der Waals surface area (Å²) in [5, 5.41) is 3.37. The Bertz CT molecular complexity index is 348. The SMILES string of the molecule is Cc1csc(CN2CCC(Br)C2(C)C)n1. The Labute approximate surface area is 104 Å². The van der Waals surface area contributed by atoms with E-state index in [1.165, 1.54) is 18.0 Å². The molecule has 0 N–H and O–H groups in total. The van der Waals surface area contributed by atoms with Crippen molar-refractivity contribution in [2.24, 2.45) is 0 Å². The number of alkyl halides is 1. The Balaban J connectivity index is 2.07. The number of hydrogen-bond acceptors (Lipinski definition) is 3. The van der Waals surface area contributed by atoms with Gasteiger partial charge >= 0.3 is 0 Å². The van der Waals surface area contributed by atoms with Crippen LogP contribution in [-0.2, 0) is 6.54 Å². The van der Waals surface area contributed by atoms with E-state index in [-0.39, 0.29) is 5.54 Å². The Hall–Kier alpha value is 0.0700. The zero-order valence-corrected chi connectivity index (χ0v) is 11.9.